The Hall–Kier alpha value is -2.79. The van der Waals surface area contributed by atoms with Crippen LogP contribution in [0.2, 0.25) is 5.02 Å². The lowest BCUT2D eigenvalue weighted by molar-refractivity contribution is 0.102. The predicted octanol–water partition coefficient (Wildman–Crippen LogP) is 4.83. The Balaban J connectivity index is 1.66. The summed E-state index contributed by atoms with van der Waals surface area (Å²) < 4.78 is 7.54. The van der Waals surface area contributed by atoms with E-state index in [4.69, 9.17) is 16.3 Å². The average Bonchev–Trinajstić information content (AvgIpc) is 2.89. The topological polar surface area (TPSA) is 56.1 Å². The lowest BCUT2D eigenvalue weighted by atomic mass is 10.1. The molecular formula is C21H22ClN3O2. The van der Waals surface area contributed by atoms with Crippen LogP contribution < -0.4 is 10.1 Å². The third-order valence-electron chi connectivity index (χ3n) is 4.44. The summed E-state index contributed by atoms with van der Waals surface area (Å²) in [6.07, 6.45) is 0. The van der Waals surface area contributed by atoms with Crippen LogP contribution in [-0.4, -0.2) is 15.7 Å². The maximum Gasteiger partial charge on any atom is 0.255 e. The Kier molecular flexibility index (Phi) is 5.51. The molecule has 0 bridgehead atoms. The monoisotopic (exact) mass is 383 g/mol. The van der Waals surface area contributed by atoms with Gasteiger partial charge in [0.1, 0.15) is 12.4 Å². The van der Waals surface area contributed by atoms with Crippen molar-refractivity contribution in [1.29, 1.82) is 0 Å². The summed E-state index contributed by atoms with van der Waals surface area (Å²) in [5, 5.41) is 7.83. The van der Waals surface area contributed by atoms with Gasteiger partial charge < -0.3 is 10.1 Å². The number of carbonyl (C=O) groups is 1. The number of hydrogen-bond acceptors (Lipinski definition) is 3. The van der Waals surface area contributed by atoms with Gasteiger partial charge in [0.05, 0.1) is 22.1 Å². The third kappa shape index (κ3) is 4.31. The van der Waals surface area contributed by atoms with Crippen molar-refractivity contribution < 1.29 is 9.53 Å². The van der Waals surface area contributed by atoms with E-state index in [0.29, 0.717) is 22.9 Å². The highest BCUT2D eigenvalue weighted by molar-refractivity contribution is 6.32. The zero-order valence-electron chi connectivity index (χ0n) is 15.8. The maximum atomic E-state index is 12.5. The molecule has 1 aromatic heterocycles. The molecule has 0 fully saturated rings. The van der Waals surface area contributed by atoms with Crippen LogP contribution in [0.25, 0.3) is 0 Å². The molecule has 0 unspecified atom stereocenters. The number of amides is 1. The van der Waals surface area contributed by atoms with E-state index < -0.39 is 0 Å². The van der Waals surface area contributed by atoms with Crippen LogP contribution in [0.1, 0.15) is 32.9 Å². The van der Waals surface area contributed by atoms with Gasteiger partial charge in [-0.2, -0.15) is 5.10 Å². The van der Waals surface area contributed by atoms with E-state index in [2.05, 4.69) is 10.4 Å². The number of ether oxygens (including phenoxy) is 1. The molecule has 0 radical (unpaired) electrons. The lowest BCUT2D eigenvalue weighted by Crippen LogP contribution is -2.13. The molecule has 0 aliphatic carbocycles. The molecule has 0 spiro atoms. The number of nitrogens with zero attached hydrogens (tertiary/aromatic N) is 2. The number of rotatable bonds is 5. The fourth-order valence-corrected chi connectivity index (χ4v) is 2.95. The number of aryl methyl sites for hydroxylation is 3. The molecular weight excluding hydrogens is 362 g/mol. The highest BCUT2D eigenvalue weighted by atomic mass is 35.5. The van der Waals surface area contributed by atoms with Crippen molar-refractivity contribution in [2.24, 2.45) is 7.05 Å². The number of benzene rings is 2. The van der Waals surface area contributed by atoms with Crippen LogP contribution >= 0.6 is 11.6 Å². The molecule has 1 amide bonds. The lowest BCUT2D eigenvalue weighted by Gasteiger charge is -2.10. The van der Waals surface area contributed by atoms with Crippen LogP contribution in [0.15, 0.2) is 42.5 Å². The minimum atomic E-state index is -0.164. The third-order valence-corrected chi connectivity index (χ3v) is 4.76. The van der Waals surface area contributed by atoms with Gasteiger partial charge in [0.25, 0.3) is 5.91 Å². The first-order valence-corrected chi connectivity index (χ1v) is 9.02. The van der Waals surface area contributed by atoms with Crippen molar-refractivity contribution in [1.82, 2.24) is 9.78 Å². The normalized spacial score (nSPS) is 10.7. The number of carbonyl (C=O) groups excluding carboxylic acids is 1. The van der Waals surface area contributed by atoms with Crippen molar-refractivity contribution in [2.45, 2.75) is 27.4 Å². The van der Waals surface area contributed by atoms with Gasteiger partial charge in [0, 0.05) is 12.6 Å². The Morgan fingerprint density at radius 1 is 1.15 bits per heavy atom. The molecule has 0 atom stereocenters. The van der Waals surface area contributed by atoms with E-state index in [0.717, 1.165) is 28.2 Å². The van der Waals surface area contributed by atoms with Gasteiger partial charge in [-0.3, -0.25) is 9.48 Å². The standard InChI is InChI=1S/C21H22ClN3O2/c1-13-5-10-18(22)19(11-13)27-12-16-6-8-17(9-7-16)21(26)23-20-14(2)24-25(4)15(20)3/h5-11H,12H2,1-4H3,(H,23,26). The zero-order valence-corrected chi connectivity index (χ0v) is 16.6. The average molecular weight is 384 g/mol. The van der Waals surface area contributed by atoms with Crippen molar-refractivity contribution >= 4 is 23.2 Å². The minimum absolute atomic E-state index is 0.164. The molecule has 2 aromatic carbocycles. The number of nitrogens with one attached hydrogen (secondary N) is 1. The summed E-state index contributed by atoms with van der Waals surface area (Å²) >= 11 is 6.15. The Labute approximate surface area is 163 Å². The van der Waals surface area contributed by atoms with Crippen LogP contribution in [0.3, 0.4) is 0 Å². The first kappa shape index (κ1) is 19.0. The summed E-state index contributed by atoms with van der Waals surface area (Å²) in [7, 11) is 1.85. The highest BCUT2D eigenvalue weighted by Gasteiger charge is 2.14. The summed E-state index contributed by atoms with van der Waals surface area (Å²) in [6.45, 7) is 6.17. The van der Waals surface area contributed by atoms with Crippen molar-refractivity contribution in [3.05, 3.63) is 75.6 Å². The molecule has 5 nitrogen and oxygen atoms in total. The van der Waals surface area contributed by atoms with Crippen LogP contribution in [0.5, 0.6) is 5.75 Å². The van der Waals surface area contributed by atoms with Gasteiger partial charge in [-0.05, 0) is 56.2 Å². The number of aromatic nitrogens is 2. The number of hydrogen-bond donors (Lipinski definition) is 1. The highest BCUT2D eigenvalue weighted by Crippen LogP contribution is 2.26. The van der Waals surface area contributed by atoms with Gasteiger partial charge in [0.2, 0.25) is 0 Å². The van der Waals surface area contributed by atoms with E-state index >= 15 is 0 Å². The summed E-state index contributed by atoms with van der Waals surface area (Å²) in [5.74, 6) is 0.490. The SMILES string of the molecule is Cc1ccc(Cl)c(OCc2ccc(C(=O)Nc3c(C)nn(C)c3C)cc2)c1. The fourth-order valence-electron chi connectivity index (χ4n) is 2.77. The van der Waals surface area contributed by atoms with Gasteiger partial charge in [-0.15, -0.1) is 0 Å². The van der Waals surface area contributed by atoms with E-state index in [1.54, 1.807) is 16.8 Å². The molecule has 0 aliphatic rings. The zero-order chi connectivity index (χ0) is 19.6. The Morgan fingerprint density at radius 3 is 2.48 bits per heavy atom. The fraction of sp³-hybridized carbons (Fsp3) is 0.238. The molecule has 140 valence electrons. The van der Waals surface area contributed by atoms with Gasteiger partial charge in [0.15, 0.2) is 0 Å². The maximum absolute atomic E-state index is 12.5. The van der Waals surface area contributed by atoms with E-state index in [1.165, 1.54) is 0 Å². The van der Waals surface area contributed by atoms with Gasteiger partial charge in [-0.25, -0.2) is 0 Å². The van der Waals surface area contributed by atoms with E-state index in [-0.39, 0.29) is 5.91 Å². The summed E-state index contributed by atoms with van der Waals surface area (Å²) in [4.78, 5) is 12.5. The molecule has 0 aliphatic heterocycles. The van der Waals surface area contributed by atoms with Crippen molar-refractivity contribution in [3.8, 4) is 5.75 Å². The van der Waals surface area contributed by atoms with Crippen LogP contribution in [0, 0.1) is 20.8 Å². The summed E-state index contributed by atoms with van der Waals surface area (Å²) in [5.41, 5.74) is 5.09. The van der Waals surface area contributed by atoms with Crippen LogP contribution in [0.4, 0.5) is 5.69 Å². The molecule has 3 rings (SSSR count). The Morgan fingerprint density at radius 2 is 1.85 bits per heavy atom. The van der Waals surface area contributed by atoms with Crippen molar-refractivity contribution in [3.63, 3.8) is 0 Å². The molecule has 0 saturated carbocycles. The van der Waals surface area contributed by atoms with E-state index in [9.17, 15) is 4.79 Å². The van der Waals surface area contributed by atoms with E-state index in [1.807, 2.05) is 58.2 Å². The van der Waals surface area contributed by atoms with Crippen LogP contribution in [-0.2, 0) is 13.7 Å². The first-order valence-electron chi connectivity index (χ1n) is 8.64. The molecule has 27 heavy (non-hydrogen) atoms. The molecule has 0 saturated heterocycles. The molecule has 6 heteroatoms. The van der Waals surface area contributed by atoms with Gasteiger partial charge in [-0.1, -0.05) is 29.8 Å². The minimum Gasteiger partial charge on any atom is -0.487 e. The van der Waals surface area contributed by atoms with Gasteiger partial charge >= 0.3 is 0 Å². The quantitative estimate of drug-likeness (QED) is 0.686. The second-order valence-corrected chi connectivity index (χ2v) is 6.95. The second kappa shape index (κ2) is 7.84. The number of halogens is 1. The summed E-state index contributed by atoms with van der Waals surface area (Å²) in [6, 6.07) is 13.0. The first-order chi connectivity index (χ1) is 12.8. The second-order valence-electron chi connectivity index (χ2n) is 6.54. The smallest absolute Gasteiger partial charge is 0.255 e. The largest absolute Gasteiger partial charge is 0.487 e. The van der Waals surface area contributed by atoms with Crippen molar-refractivity contribution in [2.75, 3.05) is 5.32 Å². The Bertz CT molecular complexity index is 978. The molecule has 1 heterocycles. The molecule has 3 aromatic rings. The number of anilines is 1. The molecule has 1 N–H and O–H groups in total. The predicted molar refractivity (Wildman–Crippen MR) is 108 cm³/mol.